The Kier molecular flexibility index (Phi) is 6.23. The molecule has 0 bridgehead atoms. The smallest absolute Gasteiger partial charge is 0.354 e. The largest absolute Gasteiger partial charge is 0.477 e. The van der Waals surface area contributed by atoms with Gasteiger partial charge in [-0.3, -0.25) is 0 Å². The number of carboxylic acid groups (broad SMARTS) is 1. The van der Waals surface area contributed by atoms with Crippen LogP contribution in [0.4, 0.5) is 4.39 Å². The van der Waals surface area contributed by atoms with Crippen molar-refractivity contribution in [3.8, 4) is 11.7 Å². The van der Waals surface area contributed by atoms with Gasteiger partial charge in [0.2, 0.25) is 5.88 Å². The number of hydrogen-bond acceptors (Lipinski definition) is 7. The molecule has 1 saturated carbocycles. The molecule has 2 fully saturated rings. The van der Waals surface area contributed by atoms with Gasteiger partial charge in [0.25, 0.3) is 0 Å². The molecule has 5 aromatic rings. The minimum Gasteiger partial charge on any atom is -0.477 e. The molecule has 1 N–H and O–H groups in total. The quantitative estimate of drug-likeness (QED) is 0.276. The highest BCUT2D eigenvalue weighted by atomic mass is 19.1. The van der Waals surface area contributed by atoms with Crippen LogP contribution in [-0.2, 0) is 17.9 Å². The van der Waals surface area contributed by atoms with E-state index < -0.39 is 5.97 Å². The van der Waals surface area contributed by atoms with Crippen LogP contribution in [0.1, 0.15) is 57.7 Å². The molecular weight excluding hydrogens is 527 g/mol. The number of carbonyl (C=O) groups is 1. The van der Waals surface area contributed by atoms with Gasteiger partial charge in [-0.2, -0.15) is 10.1 Å². The van der Waals surface area contributed by atoms with Gasteiger partial charge in [-0.05, 0) is 61.1 Å². The Morgan fingerprint density at radius 3 is 2.80 bits per heavy atom. The molecule has 11 heteroatoms. The first-order chi connectivity index (χ1) is 19.9. The molecule has 0 radical (unpaired) electrons. The molecule has 1 aliphatic heterocycles. The molecule has 1 aromatic carbocycles. The second-order valence-electron chi connectivity index (χ2n) is 10.6. The van der Waals surface area contributed by atoms with Crippen LogP contribution in [0.5, 0.6) is 5.88 Å². The molecule has 4 aromatic heterocycles. The Labute approximate surface area is 234 Å². The predicted octanol–water partition coefficient (Wildman–Crippen LogP) is 4.80. The summed E-state index contributed by atoms with van der Waals surface area (Å²) in [6.45, 7) is 3.24. The van der Waals surface area contributed by atoms with Crippen molar-refractivity contribution in [1.29, 1.82) is 0 Å². The van der Waals surface area contributed by atoms with Gasteiger partial charge in [0.15, 0.2) is 17.2 Å². The minimum absolute atomic E-state index is 0.00365. The van der Waals surface area contributed by atoms with E-state index in [4.69, 9.17) is 14.5 Å². The van der Waals surface area contributed by atoms with Crippen molar-refractivity contribution in [2.45, 2.75) is 50.9 Å². The molecule has 10 nitrogen and oxygen atoms in total. The number of aryl methyl sites for hydroxylation is 1. The van der Waals surface area contributed by atoms with Gasteiger partial charge in [-0.25, -0.2) is 23.8 Å². The Morgan fingerprint density at radius 2 is 2.02 bits per heavy atom. The summed E-state index contributed by atoms with van der Waals surface area (Å²) in [6, 6.07) is 13.7. The van der Waals surface area contributed by atoms with E-state index >= 15 is 0 Å². The number of carboxylic acids is 1. The average molecular weight is 555 g/mol. The zero-order valence-electron chi connectivity index (χ0n) is 22.3. The van der Waals surface area contributed by atoms with Crippen molar-refractivity contribution in [2.24, 2.45) is 0 Å². The van der Waals surface area contributed by atoms with E-state index in [1.54, 1.807) is 22.9 Å². The molecule has 208 valence electrons. The summed E-state index contributed by atoms with van der Waals surface area (Å²) in [5.74, 6) is 0.859. The first-order valence-electron chi connectivity index (χ1n) is 13.5. The first kappa shape index (κ1) is 25.3. The number of halogens is 1. The summed E-state index contributed by atoms with van der Waals surface area (Å²) in [5.41, 5.74) is 3.62. The Balaban J connectivity index is 1.10. The molecular formula is C30H27FN6O4. The van der Waals surface area contributed by atoms with E-state index in [1.807, 2.05) is 42.1 Å². The molecule has 3 atom stereocenters. The molecule has 0 amide bonds. The molecule has 3 unspecified atom stereocenters. The van der Waals surface area contributed by atoms with E-state index in [9.17, 15) is 14.3 Å². The monoisotopic (exact) mass is 554 g/mol. The number of pyridine rings is 2. The van der Waals surface area contributed by atoms with Gasteiger partial charge in [-0.1, -0.05) is 18.2 Å². The van der Waals surface area contributed by atoms with Crippen molar-refractivity contribution in [1.82, 2.24) is 29.3 Å². The number of hydrogen-bond donors (Lipinski definition) is 1. The zero-order valence-corrected chi connectivity index (χ0v) is 22.3. The summed E-state index contributed by atoms with van der Waals surface area (Å²) < 4.78 is 29.4. The highest BCUT2D eigenvalue weighted by molar-refractivity contribution is 5.88. The van der Waals surface area contributed by atoms with Crippen LogP contribution in [0.2, 0.25) is 0 Å². The van der Waals surface area contributed by atoms with Crippen molar-refractivity contribution in [3.63, 3.8) is 0 Å². The van der Waals surface area contributed by atoms with E-state index in [0.29, 0.717) is 35.0 Å². The van der Waals surface area contributed by atoms with E-state index in [0.717, 1.165) is 36.4 Å². The topological polar surface area (TPSA) is 117 Å². The molecule has 0 spiro atoms. The van der Waals surface area contributed by atoms with Gasteiger partial charge < -0.3 is 19.1 Å². The maximum Gasteiger partial charge on any atom is 0.354 e. The standard InChI is InChI=1S/C30H27FN6O4/c1-17-5-6-18(23(31)11-17)16-41-27-4-2-3-26(35-27)37-14-19(13-32-37)21-12-22(21)28-33-24-7-8-25(30(38)39)34-29(24)36(28)15-20-9-10-40-20/h2-8,11,13-14,20-22H,9-10,12,15-16H2,1H3,(H,38,39). The summed E-state index contributed by atoms with van der Waals surface area (Å²) in [5, 5.41) is 14.0. The van der Waals surface area contributed by atoms with Crippen LogP contribution in [0.3, 0.4) is 0 Å². The summed E-state index contributed by atoms with van der Waals surface area (Å²) in [4.78, 5) is 25.4. The van der Waals surface area contributed by atoms with Crippen LogP contribution in [0.25, 0.3) is 17.0 Å². The van der Waals surface area contributed by atoms with E-state index in [2.05, 4.69) is 15.1 Å². The van der Waals surface area contributed by atoms with Crippen molar-refractivity contribution in [2.75, 3.05) is 6.61 Å². The Morgan fingerprint density at radius 1 is 1.15 bits per heavy atom. The van der Waals surface area contributed by atoms with Crippen LogP contribution >= 0.6 is 0 Å². The van der Waals surface area contributed by atoms with Crippen LogP contribution in [0.15, 0.2) is 60.9 Å². The Bertz CT molecular complexity index is 1780. The van der Waals surface area contributed by atoms with Crippen LogP contribution < -0.4 is 4.74 Å². The number of rotatable bonds is 9. The lowest BCUT2D eigenvalue weighted by Gasteiger charge is -2.27. The highest BCUT2D eigenvalue weighted by Crippen LogP contribution is 2.54. The number of benzene rings is 1. The van der Waals surface area contributed by atoms with Gasteiger partial charge in [0.05, 0.1) is 18.8 Å². The molecule has 1 saturated heterocycles. The Hall–Kier alpha value is -4.64. The third-order valence-corrected chi connectivity index (χ3v) is 7.70. The second-order valence-corrected chi connectivity index (χ2v) is 10.6. The summed E-state index contributed by atoms with van der Waals surface area (Å²) >= 11 is 0. The van der Waals surface area contributed by atoms with Crippen molar-refractivity contribution in [3.05, 3.63) is 95.0 Å². The van der Waals surface area contributed by atoms with Crippen molar-refractivity contribution >= 4 is 17.1 Å². The molecule has 41 heavy (non-hydrogen) atoms. The fourth-order valence-corrected chi connectivity index (χ4v) is 5.27. The van der Waals surface area contributed by atoms with Crippen LogP contribution in [-0.4, -0.2) is 53.1 Å². The fraction of sp³-hybridized carbons (Fsp3) is 0.300. The van der Waals surface area contributed by atoms with Crippen LogP contribution in [0, 0.1) is 12.7 Å². The lowest BCUT2D eigenvalue weighted by Crippen LogP contribution is -2.31. The maximum absolute atomic E-state index is 14.2. The number of aromatic nitrogens is 6. The lowest BCUT2D eigenvalue weighted by atomic mass is 10.1. The number of aromatic carboxylic acids is 1. The molecule has 7 rings (SSSR count). The average Bonchev–Trinajstić information content (AvgIpc) is 3.42. The summed E-state index contributed by atoms with van der Waals surface area (Å²) in [7, 11) is 0. The van der Waals surface area contributed by atoms with E-state index in [1.165, 1.54) is 12.1 Å². The molecule has 2 aliphatic rings. The van der Waals surface area contributed by atoms with Crippen molar-refractivity contribution < 1.29 is 23.8 Å². The lowest BCUT2D eigenvalue weighted by molar-refractivity contribution is -0.0590. The number of imidazole rings is 1. The summed E-state index contributed by atoms with van der Waals surface area (Å²) in [6.07, 6.45) is 5.72. The van der Waals surface area contributed by atoms with Gasteiger partial charge in [-0.15, -0.1) is 0 Å². The zero-order chi connectivity index (χ0) is 28.1. The molecule has 1 aliphatic carbocycles. The van der Waals surface area contributed by atoms with E-state index in [-0.39, 0.29) is 36.1 Å². The third-order valence-electron chi connectivity index (χ3n) is 7.70. The number of fused-ring (bicyclic) bond motifs is 1. The second kappa shape index (κ2) is 10.1. The first-order valence-corrected chi connectivity index (χ1v) is 13.5. The number of ether oxygens (including phenoxy) is 2. The van der Waals surface area contributed by atoms with Gasteiger partial charge in [0.1, 0.15) is 23.8 Å². The fourth-order valence-electron chi connectivity index (χ4n) is 5.27. The maximum atomic E-state index is 14.2. The van der Waals surface area contributed by atoms with Gasteiger partial charge in [0, 0.05) is 30.4 Å². The highest BCUT2D eigenvalue weighted by Gasteiger charge is 2.44. The molecule has 5 heterocycles. The number of nitrogens with zero attached hydrogens (tertiary/aromatic N) is 6. The minimum atomic E-state index is -1.07. The van der Waals surface area contributed by atoms with Gasteiger partial charge >= 0.3 is 5.97 Å². The predicted molar refractivity (Wildman–Crippen MR) is 146 cm³/mol. The normalized spacial score (nSPS) is 19.7. The third kappa shape index (κ3) is 4.93. The SMILES string of the molecule is Cc1ccc(COc2cccc(-n3cc(C4CC4c4nc5ccc(C(=O)O)nc5n4CC4CCO4)cn3)n2)c(F)c1.